The quantitative estimate of drug-likeness (QED) is 0.904. The zero-order valence-electron chi connectivity index (χ0n) is 10.9. The molecule has 0 saturated carbocycles. The number of ether oxygens (including phenoxy) is 1. The molecule has 6 nitrogen and oxygen atoms in total. The highest BCUT2D eigenvalue weighted by atomic mass is 35.5. The van der Waals surface area contributed by atoms with Crippen LogP contribution in [0.25, 0.3) is 11.3 Å². The van der Waals surface area contributed by atoms with Crippen LogP contribution in [-0.2, 0) is 11.2 Å². The molecule has 22 heavy (non-hydrogen) atoms. The van der Waals surface area contributed by atoms with Crippen LogP contribution in [-0.4, -0.2) is 22.5 Å². The van der Waals surface area contributed by atoms with E-state index in [4.69, 9.17) is 17.3 Å². The summed E-state index contributed by atoms with van der Waals surface area (Å²) in [6.45, 7) is -3.04. The number of nitrogens with two attached hydrogens (primary N) is 1. The first-order valence-corrected chi connectivity index (χ1v) is 6.52. The summed E-state index contributed by atoms with van der Waals surface area (Å²) in [5, 5.41) is 3.06. The Morgan fingerprint density at radius 2 is 2.18 bits per heavy atom. The zero-order chi connectivity index (χ0) is 15.9. The number of aromatic nitrogens is 2. The monoisotopic (exact) mass is 326 g/mol. The second kappa shape index (κ2) is 5.38. The maximum absolute atomic E-state index is 12.2. The predicted octanol–water partition coefficient (Wildman–Crippen LogP) is 2.48. The number of fused-ring (bicyclic) bond motifs is 1. The highest BCUT2D eigenvalue weighted by Crippen LogP contribution is 2.38. The van der Waals surface area contributed by atoms with E-state index < -0.39 is 12.5 Å². The van der Waals surface area contributed by atoms with Gasteiger partial charge >= 0.3 is 6.61 Å². The van der Waals surface area contributed by atoms with Crippen molar-refractivity contribution in [2.45, 2.75) is 13.0 Å². The highest BCUT2D eigenvalue weighted by molar-refractivity contribution is 6.34. The Morgan fingerprint density at radius 1 is 1.41 bits per heavy atom. The van der Waals surface area contributed by atoms with E-state index in [0.29, 0.717) is 27.5 Å². The fourth-order valence-corrected chi connectivity index (χ4v) is 2.44. The first-order valence-electron chi connectivity index (χ1n) is 6.14. The third kappa shape index (κ3) is 2.52. The van der Waals surface area contributed by atoms with Crippen molar-refractivity contribution in [3.05, 3.63) is 28.9 Å². The van der Waals surface area contributed by atoms with Crippen LogP contribution in [0.2, 0.25) is 5.02 Å². The molecule has 1 aromatic heterocycles. The number of nitrogen functional groups attached to an aromatic ring is 1. The molecule has 9 heteroatoms. The molecule has 1 amide bonds. The maximum Gasteiger partial charge on any atom is 0.388 e. The summed E-state index contributed by atoms with van der Waals surface area (Å²) in [5.41, 5.74) is 7.68. The van der Waals surface area contributed by atoms with E-state index in [9.17, 15) is 13.6 Å². The fraction of sp³-hybridized carbons (Fsp3) is 0.154. The first-order chi connectivity index (χ1) is 10.5. The van der Waals surface area contributed by atoms with Crippen LogP contribution in [0.1, 0.15) is 5.56 Å². The van der Waals surface area contributed by atoms with Crippen LogP contribution in [0, 0.1) is 0 Å². The third-order valence-corrected chi connectivity index (χ3v) is 3.42. The van der Waals surface area contributed by atoms with Crippen molar-refractivity contribution in [1.82, 2.24) is 9.97 Å². The lowest BCUT2D eigenvalue weighted by Crippen LogP contribution is -2.08. The molecule has 3 N–H and O–H groups in total. The lowest BCUT2D eigenvalue weighted by molar-refractivity contribution is -0.115. The summed E-state index contributed by atoms with van der Waals surface area (Å²) in [6, 6.07) is 3.27. The molecule has 1 aliphatic rings. The molecule has 1 aromatic carbocycles. The largest absolute Gasteiger partial charge is 0.413 e. The normalized spacial score (nSPS) is 13.2. The molecule has 1 aliphatic heterocycles. The van der Waals surface area contributed by atoms with Gasteiger partial charge in [0.25, 0.3) is 5.88 Å². The molecule has 2 aromatic rings. The molecule has 114 valence electrons. The van der Waals surface area contributed by atoms with Gasteiger partial charge in [-0.3, -0.25) is 4.79 Å². The number of rotatable bonds is 3. The van der Waals surface area contributed by atoms with E-state index in [2.05, 4.69) is 20.0 Å². The Morgan fingerprint density at radius 3 is 2.86 bits per heavy atom. The molecule has 0 radical (unpaired) electrons. The second-order valence-corrected chi connectivity index (χ2v) is 4.90. The summed E-state index contributed by atoms with van der Waals surface area (Å²) in [7, 11) is 0. The molecule has 0 spiro atoms. The van der Waals surface area contributed by atoms with Crippen LogP contribution in [0.3, 0.4) is 0 Å². The van der Waals surface area contributed by atoms with Crippen molar-refractivity contribution in [3.63, 3.8) is 0 Å². The lowest BCUT2D eigenvalue weighted by Gasteiger charge is -2.10. The zero-order valence-corrected chi connectivity index (χ0v) is 11.7. The summed E-state index contributed by atoms with van der Waals surface area (Å²) < 4.78 is 28.5. The van der Waals surface area contributed by atoms with Crippen molar-refractivity contribution in [2.24, 2.45) is 0 Å². The van der Waals surface area contributed by atoms with E-state index in [-0.39, 0.29) is 18.1 Å². The van der Waals surface area contributed by atoms with Crippen molar-refractivity contribution in [2.75, 3.05) is 11.1 Å². The van der Waals surface area contributed by atoms with Crippen molar-refractivity contribution in [1.29, 1.82) is 0 Å². The Labute approximate surface area is 128 Å². The Balaban J connectivity index is 2.04. The molecular weight excluding hydrogens is 318 g/mol. The minimum absolute atomic E-state index is 0.141. The van der Waals surface area contributed by atoms with Gasteiger partial charge in [-0.15, -0.1) is 0 Å². The number of hydrogen-bond acceptors (Lipinski definition) is 5. The Bertz CT molecular complexity index is 770. The number of amides is 1. The number of carbonyl (C=O) groups excluding carboxylic acids is 1. The molecule has 2 heterocycles. The van der Waals surface area contributed by atoms with Crippen molar-refractivity contribution < 1.29 is 18.3 Å². The first kappa shape index (κ1) is 14.5. The van der Waals surface area contributed by atoms with E-state index in [1.807, 2.05) is 0 Å². The van der Waals surface area contributed by atoms with Crippen LogP contribution in [0.5, 0.6) is 5.88 Å². The smallest absolute Gasteiger partial charge is 0.388 e. The third-order valence-electron chi connectivity index (χ3n) is 3.10. The number of anilines is 2. The van der Waals surface area contributed by atoms with Gasteiger partial charge in [0.2, 0.25) is 5.91 Å². The molecule has 3 rings (SSSR count). The summed E-state index contributed by atoms with van der Waals surface area (Å²) in [4.78, 5) is 19.3. The molecule has 0 unspecified atom stereocenters. The number of alkyl halides is 2. The van der Waals surface area contributed by atoms with Crippen LogP contribution in [0.4, 0.5) is 20.3 Å². The van der Waals surface area contributed by atoms with E-state index >= 15 is 0 Å². The van der Waals surface area contributed by atoms with Gasteiger partial charge < -0.3 is 15.8 Å². The van der Waals surface area contributed by atoms with Crippen molar-refractivity contribution in [3.8, 4) is 17.1 Å². The van der Waals surface area contributed by atoms with Gasteiger partial charge in [0.1, 0.15) is 0 Å². The fourth-order valence-electron chi connectivity index (χ4n) is 2.22. The SMILES string of the molecule is Nc1nc(-c2ccc(Cl)c3c2CC(=O)N3)cnc1OC(F)F. The second-order valence-electron chi connectivity index (χ2n) is 4.50. The number of nitrogens with zero attached hydrogens (tertiary/aromatic N) is 2. The summed E-state index contributed by atoms with van der Waals surface area (Å²) >= 11 is 6.03. The molecule has 0 bridgehead atoms. The molecule has 0 aliphatic carbocycles. The highest BCUT2D eigenvalue weighted by Gasteiger charge is 2.25. The summed E-state index contributed by atoms with van der Waals surface area (Å²) in [5.74, 6) is -0.903. The minimum Gasteiger partial charge on any atom is -0.413 e. The van der Waals surface area contributed by atoms with Gasteiger partial charge in [0, 0.05) is 5.56 Å². The number of carbonyl (C=O) groups is 1. The van der Waals surface area contributed by atoms with E-state index in [0.717, 1.165) is 0 Å². The molecule has 0 saturated heterocycles. The van der Waals surface area contributed by atoms with Crippen LogP contribution < -0.4 is 15.8 Å². The topological polar surface area (TPSA) is 90.1 Å². The molecular formula is C13H9ClF2N4O2. The van der Waals surface area contributed by atoms with Gasteiger partial charge in [0.15, 0.2) is 5.82 Å². The number of benzene rings is 1. The Hall–Kier alpha value is -2.48. The molecule has 0 fully saturated rings. The van der Waals surface area contributed by atoms with Gasteiger partial charge in [-0.25, -0.2) is 9.97 Å². The Kier molecular flexibility index (Phi) is 3.53. The van der Waals surface area contributed by atoms with E-state index in [1.54, 1.807) is 12.1 Å². The number of nitrogens with one attached hydrogen (secondary N) is 1. The van der Waals surface area contributed by atoms with Gasteiger partial charge in [-0.1, -0.05) is 17.7 Å². The number of halogens is 3. The maximum atomic E-state index is 12.2. The van der Waals surface area contributed by atoms with Gasteiger partial charge in [-0.05, 0) is 11.6 Å². The van der Waals surface area contributed by atoms with E-state index in [1.165, 1.54) is 6.20 Å². The van der Waals surface area contributed by atoms with Crippen LogP contribution >= 0.6 is 11.6 Å². The lowest BCUT2D eigenvalue weighted by atomic mass is 10.0. The van der Waals surface area contributed by atoms with Crippen molar-refractivity contribution >= 4 is 29.0 Å². The van der Waals surface area contributed by atoms with Gasteiger partial charge in [0.05, 0.1) is 29.0 Å². The predicted molar refractivity (Wildman–Crippen MR) is 75.9 cm³/mol. The number of hydrogen-bond donors (Lipinski definition) is 2. The standard InChI is InChI=1S/C13H9ClF2N4O2/c14-7-2-1-5(6-3-9(21)20-10(6)7)8-4-18-12(11(17)19-8)22-13(15)16/h1-2,4,13H,3H2,(H2,17,19)(H,20,21). The minimum atomic E-state index is -3.04. The summed E-state index contributed by atoms with van der Waals surface area (Å²) in [6.07, 6.45) is 1.39. The average Bonchev–Trinajstić information content (AvgIpc) is 2.84. The average molecular weight is 327 g/mol. The molecule has 0 atom stereocenters. The van der Waals surface area contributed by atoms with Crippen LogP contribution in [0.15, 0.2) is 18.3 Å². The van der Waals surface area contributed by atoms with Gasteiger partial charge in [-0.2, -0.15) is 8.78 Å².